The maximum atomic E-state index is 13.5. The fraction of sp³-hybridized carbons (Fsp3) is 0.148. The highest BCUT2D eigenvalue weighted by Gasteiger charge is 2.27. The number of hydrogen-bond acceptors (Lipinski definition) is 3. The summed E-state index contributed by atoms with van der Waals surface area (Å²) in [6.45, 7) is 3.79. The van der Waals surface area contributed by atoms with Gasteiger partial charge in [-0.15, -0.1) is 0 Å². The molecule has 0 saturated heterocycles. The van der Waals surface area contributed by atoms with Gasteiger partial charge in [-0.05, 0) is 66.1 Å². The van der Waals surface area contributed by atoms with E-state index in [4.69, 9.17) is 0 Å². The predicted octanol–water partition coefficient (Wildman–Crippen LogP) is 4.97. The highest BCUT2D eigenvalue weighted by atomic mass is 32.2. The van der Waals surface area contributed by atoms with Gasteiger partial charge in [0.25, 0.3) is 10.0 Å². The van der Waals surface area contributed by atoms with Crippen LogP contribution in [0.15, 0.2) is 95.9 Å². The van der Waals surface area contributed by atoms with Crippen LogP contribution in [-0.2, 0) is 21.4 Å². The smallest absolute Gasteiger partial charge is 0.264 e. The number of anilines is 1. The summed E-state index contributed by atoms with van der Waals surface area (Å²) in [5.41, 5.74) is 3.28. The Morgan fingerprint density at radius 3 is 2.24 bits per heavy atom. The molecule has 0 saturated carbocycles. The SMILES string of the molecule is Cc1ccc(S(=O)(=O)N(CC(=O)NCc2ccc3ccccc3c2)c2cccc(C)c2)cc1. The molecule has 1 amide bonds. The first-order valence-corrected chi connectivity index (χ1v) is 12.2. The summed E-state index contributed by atoms with van der Waals surface area (Å²) in [7, 11) is -3.92. The molecule has 1 N–H and O–H groups in total. The van der Waals surface area contributed by atoms with Gasteiger partial charge in [-0.25, -0.2) is 8.42 Å². The van der Waals surface area contributed by atoms with E-state index < -0.39 is 10.0 Å². The summed E-state index contributed by atoms with van der Waals surface area (Å²) in [5, 5.41) is 5.08. The Hall–Kier alpha value is -3.64. The van der Waals surface area contributed by atoms with Crippen LogP contribution in [-0.4, -0.2) is 20.9 Å². The zero-order valence-corrected chi connectivity index (χ0v) is 19.5. The fourth-order valence-corrected chi connectivity index (χ4v) is 5.08. The van der Waals surface area contributed by atoms with Crippen molar-refractivity contribution in [2.45, 2.75) is 25.3 Å². The van der Waals surface area contributed by atoms with Crippen LogP contribution in [0.1, 0.15) is 16.7 Å². The molecule has 0 aromatic heterocycles. The lowest BCUT2D eigenvalue weighted by molar-refractivity contribution is -0.119. The standard InChI is InChI=1S/C27H26N2O3S/c1-20-10-14-26(15-11-20)33(31,32)29(25-9-5-6-21(2)16-25)19-27(30)28-18-22-12-13-23-7-3-4-8-24(23)17-22/h3-17H,18-19H2,1-2H3,(H,28,30). The number of carbonyl (C=O) groups is 1. The minimum Gasteiger partial charge on any atom is -0.350 e. The number of nitrogens with one attached hydrogen (secondary N) is 1. The van der Waals surface area contributed by atoms with E-state index >= 15 is 0 Å². The first kappa shape index (κ1) is 22.6. The third kappa shape index (κ3) is 5.23. The van der Waals surface area contributed by atoms with Gasteiger partial charge in [0.1, 0.15) is 6.54 Å². The van der Waals surface area contributed by atoms with E-state index in [1.54, 1.807) is 42.5 Å². The molecule has 6 heteroatoms. The van der Waals surface area contributed by atoms with Crippen molar-refractivity contribution in [2.24, 2.45) is 0 Å². The first-order valence-electron chi connectivity index (χ1n) is 10.7. The maximum Gasteiger partial charge on any atom is 0.264 e. The van der Waals surface area contributed by atoms with Crippen LogP contribution in [0.3, 0.4) is 0 Å². The van der Waals surface area contributed by atoms with Gasteiger partial charge in [-0.1, -0.05) is 66.2 Å². The molecule has 0 unspecified atom stereocenters. The third-order valence-electron chi connectivity index (χ3n) is 5.49. The quantitative estimate of drug-likeness (QED) is 0.425. The van der Waals surface area contributed by atoms with Crippen molar-refractivity contribution in [3.63, 3.8) is 0 Å². The number of nitrogens with zero attached hydrogens (tertiary/aromatic N) is 1. The highest BCUT2D eigenvalue weighted by Crippen LogP contribution is 2.25. The van der Waals surface area contributed by atoms with Crippen LogP contribution >= 0.6 is 0 Å². The molecule has 0 aliphatic rings. The van der Waals surface area contributed by atoms with Crippen LogP contribution in [0.4, 0.5) is 5.69 Å². The van der Waals surface area contributed by atoms with Crippen molar-refractivity contribution in [1.82, 2.24) is 5.32 Å². The van der Waals surface area contributed by atoms with Crippen molar-refractivity contribution >= 4 is 32.4 Å². The Bertz CT molecular complexity index is 1400. The lowest BCUT2D eigenvalue weighted by Crippen LogP contribution is -2.40. The highest BCUT2D eigenvalue weighted by molar-refractivity contribution is 7.92. The molecule has 0 atom stereocenters. The van der Waals surface area contributed by atoms with Crippen molar-refractivity contribution < 1.29 is 13.2 Å². The molecule has 0 bridgehead atoms. The van der Waals surface area contributed by atoms with Gasteiger partial charge in [0.2, 0.25) is 5.91 Å². The second-order valence-electron chi connectivity index (χ2n) is 8.12. The van der Waals surface area contributed by atoms with Gasteiger partial charge < -0.3 is 5.32 Å². The zero-order chi connectivity index (χ0) is 23.4. The number of hydrogen-bond donors (Lipinski definition) is 1. The molecule has 0 aliphatic carbocycles. The maximum absolute atomic E-state index is 13.5. The molecule has 0 heterocycles. The summed E-state index contributed by atoms with van der Waals surface area (Å²) in [6, 6.07) is 27.8. The number of rotatable bonds is 7. The van der Waals surface area contributed by atoms with E-state index in [9.17, 15) is 13.2 Å². The molecule has 0 fully saturated rings. The molecule has 33 heavy (non-hydrogen) atoms. The van der Waals surface area contributed by atoms with Gasteiger partial charge in [-0.3, -0.25) is 9.10 Å². The number of benzene rings is 4. The van der Waals surface area contributed by atoms with Crippen LogP contribution in [0, 0.1) is 13.8 Å². The predicted molar refractivity (Wildman–Crippen MR) is 133 cm³/mol. The van der Waals surface area contributed by atoms with Gasteiger partial charge in [-0.2, -0.15) is 0 Å². The Kier molecular flexibility index (Phi) is 6.47. The number of fused-ring (bicyclic) bond motifs is 1. The van der Waals surface area contributed by atoms with Gasteiger partial charge in [0.05, 0.1) is 10.6 Å². The monoisotopic (exact) mass is 458 g/mol. The number of amides is 1. The number of carbonyl (C=O) groups excluding carboxylic acids is 1. The Morgan fingerprint density at radius 2 is 1.52 bits per heavy atom. The molecule has 168 valence electrons. The average molecular weight is 459 g/mol. The lowest BCUT2D eigenvalue weighted by atomic mass is 10.1. The zero-order valence-electron chi connectivity index (χ0n) is 18.7. The number of aryl methyl sites for hydroxylation is 2. The van der Waals surface area contributed by atoms with Crippen LogP contribution in [0.2, 0.25) is 0 Å². The Balaban J connectivity index is 1.56. The lowest BCUT2D eigenvalue weighted by Gasteiger charge is -2.24. The second-order valence-corrected chi connectivity index (χ2v) is 9.98. The van der Waals surface area contributed by atoms with Crippen LogP contribution in [0.25, 0.3) is 10.8 Å². The van der Waals surface area contributed by atoms with Gasteiger partial charge in [0.15, 0.2) is 0 Å². The summed E-state index contributed by atoms with van der Waals surface area (Å²) in [5.74, 6) is -0.375. The molecule has 4 aromatic carbocycles. The molecule has 4 aromatic rings. The Morgan fingerprint density at radius 1 is 0.788 bits per heavy atom. The largest absolute Gasteiger partial charge is 0.350 e. The van der Waals surface area contributed by atoms with E-state index in [2.05, 4.69) is 5.32 Å². The van der Waals surface area contributed by atoms with Crippen molar-refractivity contribution in [1.29, 1.82) is 0 Å². The Labute approximate surface area is 194 Å². The van der Waals surface area contributed by atoms with Gasteiger partial charge >= 0.3 is 0 Å². The normalized spacial score (nSPS) is 11.3. The van der Waals surface area contributed by atoms with E-state index in [-0.39, 0.29) is 17.3 Å². The molecule has 0 aliphatic heterocycles. The molecule has 0 radical (unpaired) electrons. The molecular formula is C27H26N2O3S. The van der Waals surface area contributed by atoms with E-state index in [0.717, 1.165) is 27.5 Å². The molecule has 0 spiro atoms. The first-order chi connectivity index (χ1) is 15.8. The summed E-state index contributed by atoms with van der Waals surface area (Å²) in [6.07, 6.45) is 0. The van der Waals surface area contributed by atoms with E-state index in [1.807, 2.05) is 62.4 Å². The third-order valence-corrected chi connectivity index (χ3v) is 7.28. The van der Waals surface area contributed by atoms with Crippen molar-refractivity contribution in [3.05, 3.63) is 108 Å². The average Bonchev–Trinajstić information content (AvgIpc) is 2.81. The van der Waals surface area contributed by atoms with Gasteiger partial charge in [0, 0.05) is 6.54 Å². The summed E-state index contributed by atoms with van der Waals surface area (Å²) < 4.78 is 28.1. The molecule has 4 rings (SSSR count). The van der Waals surface area contributed by atoms with Crippen LogP contribution < -0.4 is 9.62 Å². The number of sulfonamides is 1. The van der Waals surface area contributed by atoms with Crippen molar-refractivity contribution in [3.8, 4) is 0 Å². The second kappa shape index (κ2) is 9.46. The van der Waals surface area contributed by atoms with Crippen molar-refractivity contribution in [2.75, 3.05) is 10.8 Å². The summed E-state index contributed by atoms with van der Waals surface area (Å²) >= 11 is 0. The van der Waals surface area contributed by atoms with E-state index in [1.165, 1.54) is 4.31 Å². The molecule has 5 nitrogen and oxygen atoms in total. The summed E-state index contributed by atoms with van der Waals surface area (Å²) in [4.78, 5) is 13.0. The minimum atomic E-state index is -3.92. The van der Waals surface area contributed by atoms with E-state index in [0.29, 0.717) is 12.2 Å². The molecular weight excluding hydrogens is 432 g/mol. The minimum absolute atomic E-state index is 0.150. The fourth-order valence-electron chi connectivity index (χ4n) is 3.67. The van der Waals surface area contributed by atoms with Crippen LogP contribution in [0.5, 0.6) is 0 Å². The topological polar surface area (TPSA) is 66.5 Å².